The number of guanidine groups is 1. The average molecular weight is 554 g/mol. The highest BCUT2D eigenvalue weighted by atomic mass is 127. The van der Waals surface area contributed by atoms with E-state index in [0.29, 0.717) is 13.1 Å². The Morgan fingerprint density at radius 3 is 2.72 bits per heavy atom. The number of aromatic nitrogens is 1. The van der Waals surface area contributed by atoms with E-state index in [1.807, 2.05) is 37.1 Å². The number of piperidine rings is 1. The molecule has 0 saturated carbocycles. The minimum atomic E-state index is -0.243. The molecule has 1 aromatic heterocycles. The number of hydrogen-bond acceptors (Lipinski definition) is 4. The van der Waals surface area contributed by atoms with E-state index in [0.717, 1.165) is 55.4 Å². The molecule has 0 spiro atoms. The van der Waals surface area contributed by atoms with Crippen LogP contribution >= 0.6 is 24.0 Å². The van der Waals surface area contributed by atoms with E-state index in [1.54, 1.807) is 12.3 Å². The molecule has 0 radical (unpaired) electrons. The predicted octanol–water partition coefficient (Wildman–Crippen LogP) is 3.14. The molecule has 32 heavy (non-hydrogen) atoms. The Balaban J connectivity index is 0.00000363. The van der Waals surface area contributed by atoms with Gasteiger partial charge in [0.1, 0.15) is 11.6 Å². The van der Waals surface area contributed by atoms with Gasteiger partial charge in [-0.15, -0.1) is 24.0 Å². The van der Waals surface area contributed by atoms with Gasteiger partial charge in [0.15, 0.2) is 5.96 Å². The number of nitrogens with two attached hydrogens (primary N) is 1. The van der Waals surface area contributed by atoms with E-state index >= 15 is 0 Å². The number of aliphatic imine (C=N–C) groups is 1. The van der Waals surface area contributed by atoms with Crippen LogP contribution in [0.2, 0.25) is 0 Å². The molecule has 0 atom stereocenters. The Hall–Kier alpha value is -2.43. The lowest BCUT2D eigenvalue weighted by atomic mass is 9.96. The van der Waals surface area contributed by atoms with Gasteiger partial charge in [-0.25, -0.2) is 14.4 Å². The van der Waals surface area contributed by atoms with E-state index in [-0.39, 0.29) is 41.6 Å². The van der Waals surface area contributed by atoms with Gasteiger partial charge in [-0.3, -0.25) is 4.79 Å². The first-order valence-corrected chi connectivity index (χ1v) is 10.7. The standard InChI is InChI=1S/C23H31FN6O.HI/c1-3-26-23(29(2)16-17-6-4-8-20(24)14-17)28-15-19-7-5-11-27-22(19)30-12-9-18(10-13-30)21(25)31;/h4-8,11,14,18H,3,9-10,12-13,15-16H2,1-2H3,(H2,25,31)(H,26,28);1H. The highest BCUT2D eigenvalue weighted by Gasteiger charge is 2.25. The van der Waals surface area contributed by atoms with Gasteiger partial charge in [0.25, 0.3) is 0 Å². The average Bonchev–Trinajstić information content (AvgIpc) is 2.77. The van der Waals surface area contributed by atoms with Crippen molar-refractivity contribution in [2.45, 2.75) is 32.9 Å². The molecule has 2 aromatic rings. The lowest BCUT2D eigenvalue weighted by Gasteiger charge is -2.32. The van der Waals surface area contributed by atoms with Crippen molar-refractivity contribution in [3.05, 3.63) is 59.5 Å². The van der Waals surface area contributed by atoms with E-state index in [4.69, 9.17) is 10.7 Å². The van der Waals surface area contributed by atoms with E-state index < -0.39 is 0 Å². The van der Waals surface area contributed by atoms with Crippen LogP contribution in [0.5, 0.6) is 0 Å². The van der Waals surface area contributed by atoms with E-state index in [2.05, 4.69) is 15.2 Å². The minimum absolute atomic E-state index is 0. The smallest absolute Gasteiger partial charge is 0.220 e. The molecule has 1 fully saturated rings. The van der Waals surface area contributed by atoms with Gasteiger partial charge in [-0.1, -0.05) is 18.2 Å². The topological polar surface area (TPSA) is 86.9 Å². The molecule has 1 amide bonds. The largest absolute Gasteiger partial charge is 0.369 e. The van der Waals surface area contributed by atoms with Gasteiger partial charge in [0, 0.05) is 50.9 Å². The minimum Gasteiger partial charge on any atom is -0.369 e. The lowest BCUT2D eigenvalue weighted by molar-refractivity contribution is -0.122. The van der Waals surface area contributed by atoms with Crippen molar-refractivity contribution in [1.29, 1.82) is 0 Å². The summed E-state index contributed by atoms with van der Waals surface area (Å²) in [4.78, 5) is 25.0. The molecule has 0 aliphatic carbocycles. The van der Waals surface area contributed by atoms with Crippen molar-refractivity contribution in [3.63, 3.8) is 0 Å². The summed E-state index contributed by atoms with van der Waals surface area (Å²) in [5.41, 5.74) is 7.36. The second-order valence-corrected chi connectivity index (χ2v) is 7.81. The van der Waals surface area contributed by atoms with Gasteiger partial charge in [0.2, 0.25) is 5.91 Å². The number of halogens is 2. The van der Waals surface area contributed by atoms with Crippen molar-refractivity contribution in [3.8, 4) is 0 Å². The Morgan fingerprint density at radius 1 is 1.31 bits per heavy atom. The zero-order valence-corrected chi connectivity index (χ0v) is 21.0. The van der Waals surface area contributed by atoms with Gasteiger partial charge < -0.3 is 20.9 Å². The van der Waals surface area contributed by atoms with Gasteiger partial charge in [0.05, 0.1) is 6.54 Å². The Kier molecular flexibility index (Phi) is 10.1. The van der Waals surface area contributed by atoms with Gasteiger partial charge in [-0.05, 0) is 43.5 Å². The molecule has 2 heterocycles. The van der Waals surface area contributed by atoms with Crippen LogP contribution in [0.15, 0.2) is 47.6 Å². The molecular weight excluding hydrogens is 522 g/mol. The third-order valence-electron chi connectivity index (χ3n) is 5.47. The van der Waals surface area contributed by atoms with Crippen LogP contribution in [-0.4, -0.2) is 48.4 Å². The molecule has 0 unspecified atom stereocenters. The SMILES string of the molecule is CCNC(=NCc1cccnc1N1CCC(C(N)=O)CC1)N(C)Cc1cccc(F)c1.I. The fourth-order valence-corrected chi connectivity index (χ4v) is 3.83. The highest BCUT2D eigenvalue weighted by molar-refractivity contribution is 14.0. The Labute approximate surface area is 206 Å². The number of nitrogens with zero attached hydrogens (tertiary/aromatic N) is 4. The van der Waals surface area contributed by atoms with Crippen LogP contribution in [0.3, 0.4) is 0 Å². The van der Waals surface area contributed by atoms with Crippen molar-refractivity contribution >= 4 is 41.7 Å². The summed E-state index contributed by atoms with van der Waals surface area (Å²) in [6, 6.07) is 10.5. The number of rotatable bonds is 7. The number of amides is 1. The molecule has 1 aliphatic heterocycles. The monoisotopic (exact) mass is 554 g/mol. The fourth-order valence-electron chi connectivity index (χ4n) is 3.83. The predicted molar refractivity (Wildman–Crippen MR) is 136 cm³/mol. The highest BCUT2D eigenvalue weighted by Crippen LogP contribution is 2.25. The zero-order chi connectivity index (χ0) is 22.2. The molecule has 1 aliphatic rings. The molecule has 3 N–H and O–H groups in total. The maximum atomic E-state index is 13.5. The Morgan fingerprint density at radius 2 is 2.06 bits per heavy atom. The van der Waals surface area contributed by atoms with Crippen LogP contribution in [0.4, 0.5) is 10.2 Å². The summed E-state index contributed by atoms with van der Waals surface area (Å²) in [5, 5.41) is 3.30. The fraction of sp³-hybridized carbons (Fsp3) is 0.435. The molecule has 1 saturated heterocycles. The van der Waals surface area contributed by atoms with Crippen molar-refractivity contribution in [2.75, 3.05) is 31.6 Å². The van der Waals surface area contributed by atoms with Gasteiger partial charge >= 0.3 is 0 Å². The number of nitrogens with one attached hydrogen (secondary N) is 1. The molecular formula is C23H32FIN6O. The molecule has 0 bridgehead atoms. The van der Waals surface area contributed by atoms with Crippen molar-refractivity contribution < 1.29 is 9.18 Å². The number of primary amides is 1. The molecule has 3 rings (SSSR count). The first-order valence-electron chi connectivity index (χ1n) is 10.7. The summed E-state index contributed by atoms with van der Waals surface area (Å²) >= 11 is 0. The van der Waals surface area contributed by atoms with Crippen molar-refractivity contribution in [2.24, 2.45) is 16.6 Å². The van der Waals surface area contributed by atoms with E-state index in [9.17, 15) is 9.18 Å². The molecule has 1 aromatic carbocycles. The summed E-state index contributed by atoms with van der Waals surface area (Å²) in [5.74, 6) is 1.13. The molecule has 9 heteroatoms. The normalized spacial score (nSPS) is 14.6. The third kappa shape index (κ3) is 7.04. The van der Waals surface area contributed by atoms with Crippen LogP contribution in [0.1, 0.15) is 30.9 Å². The van der Waals surface area contributed by atoms with Crippen LogP contribution in [0, 0.1) is 11.7 Å². The Bertz CT molecular complexity index is 917. The maximum Gasteiger partial charge on any atom is 0.220 e. The van der Waals surface area contributed by atoms with Crippen LogP contribution < -0.4 is 16.0 Å². The molecule has 174 valence electrons. The number of benzene rings is 1. The first-order chi connectivity index (χ1) is 15.0. The van der Waals surface area contributed by atoms with Gasteiger partial charge in [-0.2, -0.15) is 0 Å². The zero-order valence-electron chi connectivity index (χ0n) is 18.6. The quantitative estimate of drug-likeness (QED) is 0.312. The molecule has 7 nitrogen and oxygen atoms in total. The lowest BCUT2D eigenvalue weighted by Crippen LogP contribution is -2.39. The number of pyridine rings is 1. The van der Waals surface area contributed by atoms with Crippen LogP contribution in [0.25, 0.3) is 0 Å². The second kappa shape index (κ2) is 12.6. The third-order valence-corrected chi connectivity index (χ3v) is 5.47. The summed E-state index contributed by atoms with van der Waals surface area (Å²) in [6.45, 7) is 5.26. The first kappa shape index (κ1) is 25.8. The summed E-state index contributed by atoms with van der Waals surface area (Å²) in [7, 11) is 1.94. The summed E-state index contributed by atoms with van der Waals surface area (Å²) in [6.07, 6.45) is 3.27. The van der Waals surface area contributed by atoms with E-state index in [1.165, 1.54) is 12.1 Å². The number of hydrogen-bond donors (Lipinski definition) is 2. The second-order valence-electron chi connectivity index (χ2n) is 7.81. The summed E-state index contributed by atoms with van der Waals surface area (Å²) < 4.78 is 13.5. The number of carbonyl (C=O) groups is 1. The maximum absolute atomic E-state index is 13.5. The van der Waals surface area contributed by atoms with Crippen LogP contribution in [-0.2, 0) is 17.9 Å². The van der Waals surface area contributed by atoms with Crippen molar-refractivity contribution in [1.82, 2.24) is 15.2 Å². The number of carbonyl (C=O) groups excluding carboxylic acids is 1. The number of anilines is 1.